The second-order valence-corrected chi connectivity index (χ2v) is 8.38. The van der Waals surface area contributed by atoms with E-state index < -0.39 is 12.2 Å². The van der Waals surface area contributed by atoms with Crippen molar-refractivity contribution in [3.63, 3.8) is 0 Å². The van der Waals surface area contributed by atoms with E-state index in [-0.39, 0.29) is 37.5 Å². The number of hydrogen-bond donors (Lipinski definition) is 4. The molecule has 0 unspecified atom stereocenters. The molecule has 0 spiro atoms. The number of aliphatic hydroxyl groups is 1. The van der Waals surface area contributed by atoms with Gasteiger partial charge in [0.1, 0.15) is 0 Å². The highest BCUT2D eigenvalue weighted by atomic mass is 16.4. The number of piperazine rings is 1. The Balaban J connectivity index is 1.27. The van der Waals surface area contributed by atoms with E-state index in [1.54, 1.807) is 29.2 Å². The lowest BCUT2D eigenvalue weighted by molar-refractivity contribution is 0.0624. The van der Waals surface area contributed by atoms with E-state index >= 15 is 0 Å². The molecule has 2 heterocycles. The molecule has 0 saturated carbocycles. The van der Waals surface area contributed by atoms with E-state index in [0.29, 0.717) is 37.2 Å². The number of fused-ring (bicyclic) bond motifs is 1. The minimum absolute atomic E-state index is 0.118. The van der Waals surface area contributed by atoms with Crippen molar-refractivity contribution in [2.45, 2.75) is 25.1 Å². The molecule has 0 aliphatic carbocycles. The molecular weight excluding hydrogens is 424 g/mol. The molecule has 2 atom stereocenters. The van der Waals surface area contributed by atoms with Crippen LogP contribution < -0.4 is 10.6 Å². The molecule has 1 saturated heterocycles. The molecule has 0 bridgehead atoms. The van der Waals surface area contributed by atoms with Crippen molar-refractivity contribution in [1.29, 1.82) is 0 Å². The summed E-state index contributed by atoms with van der Waals surface area (Å²) < 4.78 is 0. The molecule has 4 N–H and O–H groups in total. The third kappa shape index (κ3) is 5.32. The van der Waals surface area contributed by atoms with Crippen LogP contribution in [0.4, 0.5) is 4.79 Å². The Morgan fingerprint density at radius 3 is 2.21 bits per heavy atom. The molecule has 33 heavy (non-hydrogen) atoms. The summed E-state index contributed by atoms with van der Waals surface area (Å²) in [6, 6.07) is 14.3. The quantitative estimate of drug-likeness (QED) is 0.535. The van der Waals surface area contributed by atoms with Crippen LogP contribution in [0.25, 0.3) is 0 Å². The highest BCUT2D eigenvalue weighted by Crippen LogP contribution is 2.18. The van der Waals surface area contributed by atoms with Crippen LogP contribution in [-0.4, -0.2) is 82.8 Å². The number of carboxylic acid groups (broad SMARTS) is 1. The molecule has 2 aliphatic rings. The largest absolute Gasteiger partial charge is 0.465 e. The molecule has 4 rings (SSSR count). The maximum Gasteiger partial charge on any atom is 0.407 e. The van der Waals surface area contributed by atoms with Crippen molar-refractivity contribution in [3.8, 4) is 0 Å². The molecule has 2 aromatic carbocycles. The topological polar surface area (TPSA) is 122 Å². The Bertz CT molecular complexity index is 1020. The van der Waals surface area contributed by atoms with E-state index in [9.17, 15) is 19.5 Å². The lowest BCUT2D eigenvalue weighted by Gasteiger charge is -2.33. The highest BCUT2D eigenvalue weighted by Gasteiger charge is 2.26. The van der Waals surface area contributed by atoms with Crippen LogP contribution in [0.1, 0.15) is 31.8 Å². The van der Waals surface area contributed by atoms with Crippen LogP contribution in [0.5, 0.6) is 0 Å². The zero-order valence-corrected chi connectivity index (χ0v) is 18.2. The van der Waals surface area contributed by atoms with Crippen molar-refractivity contribution >= 4 is 17.9 Å². The maximum absolute atomic E-state index is 12.7. The molecule has 2 aliphatic heterocycles. The minimum Gasteiger partial charge on any atom is -0.465 e. The Morgan fingerprint density at radius 2 is 1.55 bits per heavy atom. The molecule has 1 fully saturated rings. The zero-order chi connectivity index (χ0) is 23.4. The molecule has 2 aromatic rings. The number of carbonyl (C=O) groups is 3. The van der Waals surface area contributed by atoms with Gasteiger partial charge >= 0.3 is 6.09 Å². The molecule has 0 radical (unpaired) electrons. The van der Waals surface area contributed by atoms with Gasteiger partial charge in [-0.05, 0) is 41.8 Å². The number of hydrogen-bond acceptors (Lipinski definition) is 5. The highest BCUT2D eigenvalue weighted by molar-refractivity contribution is 5.97. The third-order valence-corrected chi connectivity index (χ3v) is 6.28. The van der Waals surface area contributed by atoms with Gasteiger partial charge in [0.2, 0.25) is 0 Å². The molecule has 3 amide bonds. The number of benzene rings is 2. The average molecular weight is 453 g/mol. The minimum atomic E-state index is -0.980. The van der Waals surface area contributed by atoms with E-state index in [0.717, 1.165) is 0 Å². The van der Waals surface area contributed by atoms with E-state index in [1.165, 1.54) is 16.0 Å². The number of amides is 3. The smallest absolute Gasteiger partial charge is 0.407 e. The van der Waals surface area contributed by atoms with Gasteiger partial charge in [-0.25, -0.2) is 4.79 Å². The zero-order valence-electron chi connectivity index (χ0n) is 18.2. The lowest BCUT2D eigenvalue weighted by atomic mass is 9.93. The number of rotatable bonds is 5. The van der Waals surface area contributed by atoms with Crippen molar-refractivity contribution in [2.24, 2.45) is 0 Å². The van der Waals surface area contributed by atoms with Gasteiger partial charge in [-0.15, -0.1) is 0 Å². The van der Waals surface area contributed by atoms with Gasteiger partial charge in [0.25, 0.3) is 11.8 Å². The van der Waals surface area contributed by atoms with Crippen LogP contribution >= 0.6 is 0 Å². The van der Waals surface area contributed by atoms with Crippen LogP contribution in [0.15, 0.2) is 48.5 Å². The van der Waals surface area contributed by atoms with E-state index in [1.807, 2.05) is 12.1 Å². The Morgan fingerprint density at radius 1 is 0.939 bits per heavy atom. The van der Waals surface area contributed by atoms with Crippen LogP contribution in [0, 0.1) is 0 Å². The summed E-state index contributed by atoms with van der Waals surface area (Å²) >= 11 is 0. The maximum atomic E-state index is 12.7. The average Bonchev–Trinajstić information content (AvgIpc) is 2.86. The van der Waals surface area contributed by atoms with Crippen molar-refractivity contribution in [1.82, 2.24) is 20.4 Å². The first-order valence-electron chi connectivity index (χ1n) is 11.1. The first kappa shape index (κ1) is 22.8. The number of nitrogens with one attached hydrogen (secondary N) is 2. The standard InChI is InChI=1S/C24H28N4O5/c29-21(20-13-18-3-1-2-4-19(18)14-25-20)15-26-22(30)16-5-7-17(8-6-16)23(31)27-9-11-28(12-10-27)24(32)33/h1-8,20-21,25,29H,9-15H2,(H,26,30)(H,32,33)/t20-,21+/m0/s1. The molecular formula is C24H28N4O5. The van der Waals surface area contributed by atoms with Crippen LogP contribution in [-0.2, 0) is 13.0 Å². The monoisotopic (exact) mass is 452 g/mol. The third-order valence-electron chi connectivity index (χ3n) is 6.28. The molecule has 9 heteroatoms. The summed E-state index contributed by atoms with van der Waals surface area (Å²) in [4.78, 5) is 39.1. The van der Waals surface area contributed by atoms with E-state index in [2.05, 4.69) is 22.8 Å². The predicted octanol–water partition coefficient (Wildman–Crippen LogP) is 0.928. The summed E-state index contributed by atoms with van der Waals surface area (Å²) in [5.74, 6) is -0.509. The Hall–Kier alpha value is -3.43. The van der Waals surface area contributed by atoms with Crippen molar-refractivity contribution in [2.75, 3.05) is 32.7 Å². The number of carbonyl (C=O) groups excluding carboxylic acids is 2. The number of aliphatic hydroxyl groups excluding tert-OH is 1. The first-order chi connectivity index (χ1) is 15.9. The summed E-state index contributed by atoms with van der Waals surface area (Å²) in [7, 11) is 0. The first-order valence-corrected chi connectivity index (χ1v) is 11.1. The summed E-state index contributed by atoms with van der Waals surface area (Å²) in [5.41, 5.74) is 3.27. The fourth-order valence-electron chi connectivity index (χ4n) is 4.24. The second-order valence-electron chi connectivity index (χ2n) is 8.38. The predicted molar refractivity (Wildman–Crippen MR) is 121 cm³/mol. The van der Waals surface area contributed by atoms with Crippen molar-refractivity contribution < 1.29 is 24.6 Å². The van der Waals surface area contributed by atoms with Gasteiger partial charge in [0.15, 0.2) is 0 Å². The summed E-state index contributed by atoms with van der Waals surface area (Å²) in [6.45, 7) is 2.05. The SMILES string of the molecule is O=C(NC[C@@H](O)[C@@H]1Cc2ccccc2CN1)c1ccc(C(=O)N2CCN(C(=O)O)CC2)cc1. The molecule has 9 nitrogen and oxygen atoms in total. The Kier molecular flexibility index (Phi) is 6.90. The van der Waals surface area contributed by atoms with Gasteiger partial charge in [-0.2, -0.15) is 0 Å². The lowest BCUT2D eigenvalue weighted by Crippen LogP contribution is -2.50. The fourth-order valence-corrected chi connectivity index (χ4v) is 4.24. The Labute approximate surface area is 192 Å². The van der Waals surface area contributed by atoms with E-state index in [4.69, 9.17) is 5.11 Å². The number of nitrogens with zero attached hydrogens (tertiary/aromatic N) is 2. The van der Waals surface area contributed by atoms with Gasteiger partial charge < -0.3 is 30.6 Å². The second kappa shape index (κ2) is 10.0. The van der Waals surface area contributed by atoms with Crippen LogP contribution in [0.3, 0.4) is 0 Å². The normalized spacial score (nSPS) is 18.9. The van der Waals surface area contributed by atoms with Crippen molar-refractivity contribution in [3.05, 3.63) is 70.8 Å². The van der Waals surface area contributed by atoms with Gasteiger partial charge in [0, 0.05) is 56.4 Å². The van der Waals surface area contributed by atoms with Gasteiger partial charge in [-0.3, -0.25) is 9.59 Å². The molecule has 0 aromatic heterocycles. The summed E-state index contributed by atoms with van der Waals surface area (Å²) in [5, 5.41) is 25.6. The van der Waals surface area contributed by atoms with Gasteiger partial charge in [-0.1, -0.05) is 24.3 Å². The van der Waals surface area contributed by atoms with Crippen LogP contribution in [0.2, 0.25) is 0 Å². The molecule has 174 valence electrons. The fraction of sp³-hybridized carbons (Fsp3) is 0.375. The van der Waals surface area contributed by atoms with Gasteiger partial charge in [0.05, 0.1) is 6.10 Å². The summed E-state index contributed by atoms with van der Waals surface area (Å²) in [6.07, 6.45) is -1.01.